The van der Waals surface area contributed by atoms with Gasteiger partial charge in [-0.3, -0.25) is 4.90 Å². The summed E-state index contributed by atoms with van der Waals surface area (Å²) < 4.78 is 0. The van der Waals surface area contributed by atoms with E-state index in [-0.39, 0.29) is 12.4 Å². The lowest BCUT2D eigenvalue weighted by Gasteiger charge is -2.40. The molecular formula is C12H25ClN2S. The van der Waals surface area contributed by atoms with Crippen LogP contribution in [-0.2, 0) is 0 Å². The van der Waals surface area contributed by atoms with E-state index in [2.05, 4.69) is 35.8 Å². The highest BCUT2D eigenvalue weighted by Crippen LogP contribution is 2.25. The SMILES string of the molecule is CC1SCCN(CC2CCCNC2)C1C.Cl. The Morgan fingerprint density at radius 1 is 1.38 bits per heavy atom. The van der Waals surface area contributed by atoms with Crippen LogP contribution in [-0.4, -0.2) is 48.1 Å². The molecule has 0 aromatic carbocycles. The fourth-order valence-corrected chi connectivity index (χ4v) is 3.83. The fourth-order valence-electron chi connectivity index (χ4n) is 2.66. The Morgan fingerprint density at radius 2 is 2.19 bits per heavy atom. The molecule has 96 valence electrons. The Kier molecular flexibility index (Phi) is 6.48. The highest BCUT2D eigenvalue weighted by Gasteiger charge is 2.27. The Bertz CT molecular complexity index is 197. The molecule has 2 fully saturated rings. The van der Waals surface area contributed by atoms with Crippen molar-refractivity contribution in [1.82, 2.24) is 10.2 Å². The van der Waals surface area contributed by atoms with Crippen molar-refractivity contribution < 1.29 is 0 Å². The third kappa shape index (κ3) is 3.80. The van der Waals surface area contributed by atoms with Gasteiger partial charge in [0, 0.05) is 30.1 Å². The van der Waals surface area contributed by atoms with Crippen LogP contribution in [0.25, 0.3) is 0 Å². The molecule has 0 radical (unpaired) electrons. The minimum absolute atomic E-state index is 0. The lowest BCUT2D eigenvalue weighted by Crippen LogP contribution is -2.48. The standard InChI is InChI=1S/C12H24N2S.ClH/c1-10-11(2)15-7-6-14(10)9-12-4-3-5-13-8-12;/h10-13H,3-9H2,1-2H3;1H. The summed E-state index contributed by atoms with van der Waals surface area (Å²) in [6.45, 7) is 9.86. The molecule has 3 unspecified atom stereocenters. The maximum Gasteiger partial charge on any atom is 0.0184 e. The maximum absolute atomic E-state index is 3.52. The molecule has 4 heteroatoms. The first kappa shape index (κ1) is 14.6. The van der Waals surface area contributed by atoms with Crippen LogP contribution in [0.4, 0.5) is 0 Å². The van der Waals surface area contributed by atoms with Gasteiger partial charge < -0.3 is 5.32 Å². The number of halogens is 1. The molecule has 2 aliphatic heterocycles. The summed E-state index contributed by atoms with van der Waals surface area (Å²) in [4.78, 5) is 2.71. The zero-order valence-corrected chi connectivity index (χ0v) is 12.1. The highest BCUT2D eigenvalue weighted by atomic mass is 35.5. The van der Waals surface area contributed by atoms with E-state index in [1.54, 1.807) is 0 Å². The zero-order chi connectivity index (χ0) is 10.7. The average Bonchev–Trinajstić information content (AvgIpc) is 2.26. The molecule has 0 aliphatic carbocycles. The maximum atomic E-state index is 3.52. The van der Waals surface area contributed by atoms with Gasteiger partial charge in [0.15, 0.2) is 0 Å². The largest absolute Gasteiger partial charge is 0.316 e. The first-order valence-corrected chi connectivity index (χ1v) is 7.38. The monoisotopic (exact) mass is 264 g/mol. The molecule has 0 aromatic rings. The molecule has 0 spiro atoms. The molecule has 2 heterocycles. The summed E-state index contributed by atoms with van der Waals surface area (Å²) in [7, 11) is 0. The molecule has 2 nitrogen and oxygen atoms in total. The van der Waals surface area contributed by atoms with Crippen LogP contribution in [0.5, 0.6) is 0 Å². The number of nitrogens with one attached hydrogen (secondary N) is 1. The number of rotatable bonds is 2. The number of nitrogens with zero attached hydrogens (tertiary/aromatic N) is 1. The lowest BCUT2D eigenvalue weighted by atomic mass is 9.98. The lowest BCUT2D eigenvalue weighted by molar-refractivity contribution is 0.166. The van der Waals surface area contributed by atoms with Crippen molar-refractivity contribution in [3.8, 4) is 0 Å². The third-order valence-electron chi connectivity index (χ3n) is 3.91. The molecule has 1 N–H and O–H groups in total. The van der Waals surface area contributed by atoms with E-state index < -0.39 is 0 Å². The topological polar surface area (TPSA) is 15.3 Å². The smallest absolute Gasteiger partial charge is 0.0184 e. The fraction of sp³-hybridized carbons (Fsp3) is 1.00. The van der Waals surface area contributed by atoms with Crippen molar-refractivity contribution in [3.05, 3.63) is 0 Å². The molecule has 0 bridgehead atoms. The predicted molar refractivity (Wildman–Crippen MR) is 75.8 cm³/mol. The van der Waals surface area contributed by atoms with Crippen LogP contribution < -0.4 is 5.32 Å². The van der Waals surface area contributed by atoms with Gasteiger partial charge in [0.05, 0.1) is 0 Å². The third-order valence-corrected chi connectivity index (χ3v) is 5.24. The summed E-state index contributed by atoms with van der Waals surface area (Å²) in [5.41, 5.74) is 0. The van der Waals surface area contributed by atoms with Gasteiger partial charge in [-0.2, -0.15) is 11.8 Å². The van der Waals surface area contributed by atoms with Gasteiger partial charge in [-0.15, -0.1) is 12.4 Å². The molecule has 3 atom stereocenters. The van der Waals surface area contributed by atoms with Gasteiger partial charge in [-0.25, -0.2) is 0 Å². The zero-order valence-electron chi connectivity index (χ0n) is 10.4. The molecular weight excluding hydrogens is 240 g/mol. The Hall–Kier alpha value is 0.560. The number of hydrogen-bond acceptors (Lipinski definition) is 3. The number of thioether (sulfide) groups is 1. The van der Waals surface area contributed by atoms with Crippen LogP contribution in [0.2, 0.25) is 0 Å². The van der Waals surface area contributed by atoms with E-state index in [0.717, 1.165) is 17.2 Å². The van der Waals surface area contributed by atoms with Gasteiger partial charge in [-0.1, -0.05) is 6.92 Å². The van der Waals surface area contributed by atoms with Gasteiger partial charge in [0.25, 0.3) is 0 Å². The second-order valence-corrected chi connectivity index (χ2v) is 6.51. The summed E-state index contributed by atoms with van der Waals surface area (Å²) in [6.07, 6.45) is 2.80. The molecule has 2 rings (SSSR count). The minimum atomic E-state index is 0. The van der Waals surface area contributed by atoms with Crippen LogP contribution in [0.1, 0.15) is 26.7 Å². The normalized spacial score (nSPS) is 36.8. The first-order chi connectivity index (χ1) is 7.27. The van der Waals surface area contributed by atoms with Gasteiger partial charge >= 0.3 is 0 Å². The van der Waals surface area contributed by atoms with Gasteiger partial charge in [0.1, 0.15) is 0 Å². The Morgan fingerprint density at radius 3 is 2.88 bits per heavy atom. The predicted octanol–water partition coefficient (Wildman–Crippen LogP) is 2.23. The van der Waals surface area contributed by atoms with Crippen molar-refractivity contribution >= 4 is 24.2 Å². The van der Waals surface area contributed by atoms with E-state index in [9.17, 15) is 0 Å². The molecule has 0 aromatic heterocycles. The summed E-state index contributed by atoms with van der Waals surface area (Å²) >= 11 is 2.13. The Balaban J connectivity index is 0.00000128. The van der Waals surface area contributed by atoms with E-state index >= 15 is 0 Å². The van der Waals surface area contributed by atoms with Gasteiger partial charge in [-0.05, 0) is 38.8 Å². The summed E-state index contributed by atoms with van der Waals surface area (Å²) in [5.74, 6) is 2.22. The average molecular weight is 265 g/mol. The second kappa shape index (κ2) is 7.10. The number of hydrogen-bond donors (Lipinski definition) is 1. The van der Waals surface area contributed by atoms with Crippen molar-refractivity contribution in [3.63, 3.8) is 0 Å². The van der Waals surface area contributed by atoms with E-state index in [0.29, 0.717) is 0 Å². The summed E-state index contributed by atoms with van der Waals surface area (Å²) in [6, 6.07) is 0.769. The van der Waals surface area contributed by atoms with E-state index in [1.807, 2.05) is 0 Å². The number of piperidine rings is 1. The molecule has 16 heavy (non-hydrogen) atoms. The first-order valence-electron chi connectivity index (χ1n) is 6.33. The Labute approximate surface area is 110 Å². The van der Waals surface area contributed by atoms with Crippen LogP contribution in [0, 0.1) is 5.92 Å². The van der Waals surface area contributed by atoms with Crippen molar-refractivity contribution in [1.29, 1.82) is 0 Å². The summed E-state index contributed by atoms with van der Waals surface area (Å²) in [5, 5.41) is 4.33. The second-order valence-electron chi connectivity index (χ2n) is 5.02. The quantitative estimate of drug-likeness (QED) is 0.824. The van der Waals surface area contributed by atoms with Crippen molar-refractivity contribution in [2.75, 3.05) is 31.9 Å². The molecule has 0 saturated carbocycles. The van der Waals surface area contributed by atoms with Crippen molar-refractivity contribution in [2.45, 2.75) is 38.0 Å². The van der Waals surface area contributed by atoms with Crippen LogP contribution in [0.3, 0.4) is 0 Å². The van der Waals surface area contributed by atoms with E-state index in [4.69, 9.17) is 0 Å². The molecule has 0 amide bonds. The molecule has 2 aliphatic rings. The van der Waals surface area contributed by atoms with E-state index in [1.165, 1.54) is 44.8 Å². The van der Waals surface area contributed by atoms with Gasteiger partial charge in [0.2, 0.25) is 0 Å². The van der Waals surface area contributed by atoms with Crippen LogP contribution in [0.15, 0.2) is 0 Å². The van der Waals surface area contributed by atoms with Crippen molar-refractivity contribution in [2.24, 2.45) is 5.92 Å². The molecule has 2 saturated heterocycles. The minimum Gasteiger partial charge on any atom is -0.316 e. The highest BCUT2D eigenvalue weighted by molar-refractivity contribution is 8.00. The van der Waals surface area contributed by atoms with Crippen LogP contribution >= 0.6 is 24.2 Å².